The number of amides is 1. The summed E-state index contributed by atoms with van der Waals surface area (Å²) in [5.74, 6) is 1.36. The number of nitrogens with zero attached hydrogens (tertiary/aromatic N) is 2. The van der Waals surface area contributed by atoms with E-state index in [0.717, 1.165) is 24.3 Å². The molecule has 0 N–H and O–H groups in total. The summed E-state index contributed by atoms with van der Waals surface area (Å²) < 4.78 is 5.48. The standard InChI is InChI=1S/C16H18N2O2S/c19-16(18-8-7-11-4-1-2-5-12(11)18)14-15(20-10-17-14)13-6-3-9-21-13/h3,6,9-12H,1-2,4-5,7-8H2/t11-,12-/m1/s1. The molecule has 2 atom stereocenters. The number of aromatic nitrogens is 1. The van der Waals surface area contributed by atoms with Crippen LogP contribution in [0.5, 0.6) is 0 Å². The normalized spacial score (nSPS) is 25.0. The predicted molar refractivity (Wildman–Crippen MR) is 81.2 cm³/mol. The Hall–Kier alpha value is -1.62. The van der Waals surface area contributed by atoms with Crippen LogP contribution in [0.25, 0.3) is 10.6 Å². The van der Waals surface area contributed by atoms with Gasteiger partial charge in [0.2, 0.25) is 0 Å². The van der Waals surface area contributed by atoms with Gasteiger partial charge in [0.05, 0.1) is 4.88 Å². The second kappa shape index (κ2) is 5.30. The Labute approximate surface area is 127 Å². The number of oxazole rings is 1. The van der Waals surface area contributed by atoms with Crippen molar-refractivity contribution < 1.29 is 9.21 Å². The molecule has 1 aliphatic carbocycles. The Morgan fingerprint density at radius 1 is 1.33 bits per heavy atom. The Kier molecular flexibility index (Phi) is 3.30. The van der Waals surface area contributed by atoms with Crippen LogP contribution in [0.2, 0.25) is 0 Å². The third-order valence-corrected chi connectivity index (χ3v) is 5.65. The van der Waals surface area contributed by atoms with E-state index in [-0.39, 0.29) is 5.91 Å². The third kappa shape index (κ3) is 2.20. The zero-order chi connectivity index (χ0) is 14.2. The smallest absolute Gasteiger partial charge is 0.276 e. The quantitative estimate of drug-likeness (QED) is 0.847. The number of thiophene rings is 1. The first-order valence-electron chi connectivity index (χ1n) is 7.63. The molecule has 0 radical (unpaired) electrons. The lowest BCUT2D eigenvalue weighted by molar-refractivity contribution is 0.0685. The summed E-state index contributed by atoms with van der Waals surface area (Å²) in [5.41, 5.74) is 0.476. The van der Waals surface area contributed by atoms with Crippen LogP contribution in [-0.2, 0) is 0 Å². The van der Waals surface area contributed by atoms with Gasteiger partial charge in [-0.05, 0) is 36.6 Å². The van der Waals surface area contributed by atoms with E-state index in [0.29, 0.717) is 23.4 Å². The van der Waals surface area contributed by atoms with E-state index in [2.05, 4.69) is 4.98 Å². The minimum atomic E-state index is 0.0431. The van der Waals surface area contributed by atoms with E-state index < -0.39 is 0 Å². The molecule has 0 aromatic carbocycles. The second-order valence-corrected chi connectivity index (χ2v) is 6.85. The maximum Gasteiger partial charge on any atom is 0.276 e. The number of carbonyl (C=O) groups is 1. The van der Waals surface area contributed by atoms with Crippen LogP contribution in [0.3, 0.4) is 0 Å². The van der Waals surface area contributed by atoms with Gasteiger partial charge < -0.3 is 9.32 Å². The van der Waals surface area contributed by atoms with E-state index in [1.54, 1.807) is 11.3 Å². The van der Waals surface area contributed by atoms with Crippen LogP contribution in [0.4, 0.5) is 0 Å². The molecular formula is C16H18N2O2S. The van der Waals surface area contributed by atoms with Crippen molar-refractivity contribution in [3.63, 3.8) is 0 Å². The Morgan fingerprint density at radius 3 is 3.10 bits per heavy atom. The summed E-state index contributed by atoms with van der Waals surface area (Å²) in [6.45, 7) is 0.866. The molecule has 4 rings (SSSR count). The van der Waals surface area contributed by atoms with Gasteiger partial charge >= 0.3 is 0 Å². The molecule has 5 heteroatoms. The lowest BCUT2D eigenvalue weighted by atomic mass is 9.85. The van der Waals surface area contributed by atoms with E-state index in [1.807, 2.05) is 22.4 Å². The first-order chi connectivity index (χ1) is 10.3. The van der Waals surface area contributed by atoms with Crippen LogP contribution >= 0.6 is 11.3 Å². The van der Waals surface area contributed by atoms with Gasteiger partial charge in [-0.2, -0.15) is 0 Å². The minimum Gasteiger partial charge on any atom is -0.442 e. The lowest BCUT2D eigenvalue weighted by Gasteiger charge is -2.31. The van der Waals surface area contributed by atoms with E-state index in [9.17, 15) is 4.79 Å². The van der Waals surface area contributed by atoms with Gasteiger partial charge in [0, 0.05) is 12.6 Å². The zero-order valence-electron chi connectivity index (χ0n) is 11.8. The van der Waals surface area contributed by atoms with Crippen LogP contribution in [0, 0.1) is 5.92 Å². The summed E-state index contributed by atoms with van der Waals surface area (Å²) >= 11 is 1.57. The number of hydrogen-bond donors (Lipinski definition) is 0. The van der Waals surface area contributed by atoms with Crippen LogP contribution in [-0.4, -0.2) is 28.4 Å². The highest BCUT2D eigenvalue weighted by Gasteiger charge is 2.39. The molecule has 110 valence electrons. The molecule has 3 heterocycles. The molecule has 0 bridgehead atoms. The number of hydrogen-bond acceptors (Lipinski definition) is 4. The van der Waals surface area contributed by atoms with E-state index in [4.69, 9.17) is 4.42 Å². The summed E-state index contributed by atoms with van der Waals surface area (Å²) in [6, 6.07) is 4.35. The van der Waals surface area contributed by atoms with Crippen molar-refractivity contribution in [2.45, 2.75) is 38.1 Å². The number of likely N-dealkylation sites (tertiary alicyclic amines) is 1. The Balaban J connectivity index is 1.62. The summed E-state index contributed by atoms with van der Waals surface area (Å²) in [5, 5.41) is 1.99. The largest absolute Gasteiger partial charge is 0.442 e. The first-order valence-corrected chi connectivity index (χ1v) is 8.51. The lowest BCUT2D eigenvalue weighted by Crippen LogP contribution is -2.39. The molecule has 1 amide bonds. The molecule has 4 nitrogen and oxygen atoms in total. The van der Waals surface area contributed by atoms with E-state index in [1.165, 1.54) is 25.7 Å². The first kappa shape index (κ1) is 13.1. The highest BCUT2D eigenvalue weighted by Crippen LogP contribution is 2.38. The maximum atomic E-state index is 12.9. The van der Waals surface area contributed by atoms with Crippen molar-refractivity contribution >= 4 is 17.2 Å². The van der Waals surface area contributed by atoms with Gasteiger partial charge in [-0.15, -0.1) is 11.3 Å². The molecule has 2 aromatic rings. The van der Waals surface area contributed by atoms with Crippen molar-refractivity contribution in [2.24, 2.45) is 5.92 Å². The van der Waals surface area contributed by atoms with Crippen LogP contribution < -0.4 is 0 Å². The Morgan fingerprint density at radius 2 is 2.24 bits per heavy atom. The second-order valence-electron chi connectivity index (χ2n) is 5.91. The number of fused-ring (bicyclic) bond motifs is 1. The van der Waals surface area contributed by atoms with Crippen molar-refractivity contribution in [3.8, 4) is 10.6 Å². The van der Waals surface area contributed by atoms with Gasteiger partial charge in [-0.3, -0.25) is 4.79 Å². The molecule has 0 unspecified atom stereocenters. The topological polar surface area (TPSA) is 46.3 Å². The van der Waals surface area contributed by atoms with Gasteiger partial charge in [-0.25, -0.2) is 4.98 Å². The van der Waals surface area contributed by atoms with Gasteiger partial charge in [0.25, 0.3) is 5.91 Å². The van der Waals surface area contributed by atoms with Gasteiger partial charge in [0.1, 0.15) is 0 Å². The van der Waals surface area contributed by atoms with Crippen molar-refractivity contribution in [1.29, 1.82) is 0 Å². The van der Waals surface area contributed by atoms with Crippen LogP contribution in [0.15, 0.2) is 28.3 Å². The fourth-order valence-electron chi connectivity index (χ4n) is 3.78. The summed E-state index contributed by atoms with van der Waals surface area (Å²) in [6.07, 6.45) is 7.49. The molecule has 2 fully saturated rings. The zero-order valence-corrected chi connectivity index (χ0v) is 12.6. The molecular weight excluding hydrogens is 284 g/mol. The molecule has 0 spiro atoms. The maximum absolute atomic E-state index is 12.9. The monoisotopic (exact) mass is 302 g/mol. The molecule has 2 aromatic heterocycles. The van der Waals surface area contributed by atoms with Crippen molar-refractivity contribution in [1.82, 2.24) is 9.88 Å². The molecule has 21 heavy (non-hydrogen) atoms. The number of carbonyl (C=O) groups excluding carboxylic acids is 1. The van der Waals surface area contributed by atoms with Gasteiger partial charge in [-0.1, -0.05) is 18.9 Å². The molecule has 1 saturated carbocycles. The Bertz CT molecular complexity index is 635. The fourth-order valence-corrected chi connectivity index (χ4v) is 4.49. The van der Waals surface area contributed by atoms with Gasteiger partial charge in [0.15, 0.2) is 17.8 Å². The van der Waals surface area contributed by atoms with Crippen molar-refractivity contribution in [2.75, 3.05) is 6.54 Å². The minimum absolute atomic E-state index is 0.0431. The molecule has 2 aliphatic rings. The average molecular weight is 302 g/mol. The molecule has 1 saturated heterocycles. The summed E-state index contributed by atoms with van der Waals surface area (Å²) in [4.78, 5) is 20.1. The average Bonchev–Trinajstić information content (AvgIpc) is 3.25. The fraction of sp³-hybridized carbons (Fsp3) is 0.500. The molecule has 1 aliphatic heterocycles. The third-order valence-electron chi connectivity index (χ3n) is 4.79. The van der Waals surface area contributed by atoms with E-state index >= 15 is 0 Å². The van der Waals surface area contributed by atoms with Crippen LogP contribution in [0.1, 0.15) is 42.6 Å². The number of rotatable bonds is 2. The highest BCUT2D eigenvalue weighted by atomic mass is 32.1. The predicted octanol–water partition coefficient (Wildman–Crippen LogP) is 3.81. The highest BCUT2D eigenvalue weighted by molar-refractivity contribution is 7.13. The summed E-state index contributed by atoms with van der Waals surface area (Å²) in [7, 11) is 0. The SMILES string of the molecule is O=C(c1ncoc1-c1cccs1)N1CC[C@H]2CCCC[C@H]21. The van der Waals surface area contributed by atoms with Crippen molar-refractivity contribution in [3.05, 3.63) is 29.6 Å².